The molecular weight excluding hydrogens is 1990 g/mol. The Morgan fingerprint density at radius 2 is 0.556 bits per heavy atom. The molecule has 135 heavy (non-hydrogen) atoms. The van der Waals surface area contributed by atoms with Crippen molar-refractivity contribution >= 4 is 233 Å². The lowest BCUT2D eigenvalue weighted by Crippen LogP contribution is -1.89. The Balaban J connectivity index is 0.000000101. The first-order valence-electron chi connectivity index (χ1n) is 48.4. The number of aromatic nitrogens is 2. The van der Waals surface area contributed by atoms with Gasteiger partial charge in [-0.15, -0.1) is 0 Å². The molecule has 8 heterocycles. The molecule has 19 aromatic carbocycles. The average molecular weight is 2080 g/mol. The van der Waals surface area contributed by atoms with Gasteiger partial charge in [0, 0.05) is 110 Å². The Kier molecular flexibility index (Phi) is 20.7. The van der Waals surface area contributed by atoms with Gasteiger partial charge in [-0.2, -0.15) is 0 Å². The van der Waals surface area contributed by atoms with Crippen LogP contribution in [0.25, 0.3) is 231 Å². The third kappa shape index (κ3) is 17.5. The van der Waals surface area contributed by atoms with Crippen molar-refractivity contribution < 1.29 is 40.2 Å². The second-order valence-corrected chi connectivity index (χ2v) is 37.0. The van der Waals surface area contributed by atoms with Gasteiger partial charge in [0.1, 0.15) is 67.0 Å². The molecule has 27 aromatic rings. The monoisotopic (exact) mass is 2070 g/mol. The van der Waals surface area contributed by atoms with Crippen molar-refractivity contribution in [2.75, 3.05) is 0 Å². The summed E-state index contributed by atoms with van der Waals surface area (Å²) in [4.78, 5) is 9.29. The first-order valence-corrected chi connectivity index (χ1v) is 47.4. The van der Waals surface area contributed by atoms with Gasteiger partial charge < -0.3 is 26.5 Å². The number of fused-ring (bicyclic) bond motifs is 21. The molecule has 13 heteroatoms. The molecule has 0 saturated carbocycles. The Morgan fingerprint density at radius 3 is 1.05 bits per heavy atom. The zero-order valence-corrected chi connectivity index (χ0v) is 79.9. The van der Waals surface area contributed by atoms with Crippen LogP contribution in [0.3, 0.4) is 0 Å². The lowest BCUT2D eigenvalue weighted by atomic mass is 9.94. The normalized spacial score (nSPS) is 12.4. The molecule has 0 radical (unpaired) electrons. The highest BCUT2D eigenvalue weighted by Gasteiger charge is 2.20. The smallest absolute Gasteiger partial charge is 0.136 e. The van der Waals surface area contributed by atoms with E-state index in [1.807, 2.05) is 140 Å². The van der Waals surface area contributed by atoms with Gasteiger partial charge in [-0.25, -0.2) is 0 Å². The summed E-state index contributed by atoms with van der Waals surface area (Å²) in [6.45, 7) is 4.26. The fourth-order valence-corrected chi connectivity index (χ4v) is 19.0. The molecule has 8 nitrogen and oxygen atoms in total. The van der Waals surface area contributed by atoms with Crippen LogP contribution >= 0.6 is 79.6 Å². The molecule has 0 atom stereocenters. The molecule has 0 N–H and O–H groups in total. The molecule has 27 rings (SSSR count). The van der Waals surface area contributed by atoms with Gasteiger partial charge in [-0.3, -0.25) is 9.97 Å². The van der Waals surface area contributed by atoms with Crippen molar-refractivity contribution in [2.24, 2.45) is 0 Å². The fourth-order valence-electron chi connectivity index (χ4n) is 17.4. The van der Waals surface area contributed by atoms with Gasteiger partial charge in [-0.1, -0.05) is 322 Å². The van der Waals surface area contributed by atoms with Crippen molar-refractivity contribution in [1.82, 2.24) is 9.97 Å². The SMILES string of the molecule is Brc1ccc(-c2ccc3c(c2)oc2cccc(-c4cc5cccnc5c5ncccc45)c23)cc1.Brc1ccc(-c2ccc3c(c2)oc2ccccc23)cc1.Brc1ccc2c(c1)oc1ccccc12.Cc1cc(-c2ccc3c(c2)oc2ccccc23)c(C)cc1Br.[2H]c1c([2H])c([2H])c(-c2c([2H])c([2H])c(-c3ccc4c(c3)oc3ccccc34)c([2H])c2[2H])c([2H])c1[2H].[2H]c1ccc2c(c1)oc1cc(-c3ccc(Br)cc3)ccc12. The van der Waals surface area contributed by atoms with Gasteiger partial charge >= 0.3 is 0 Å². The third-order valence-corrected chi connectivity index (χ3v) is 27.0. The molecule has 0 amide bonds. The molecule has 0 aliphatic carbocycles. The van der Waals surface area contributed by atoms with E-state index < -0.39 is 42.3 Å². The Labute approximate surface area is 832 Å². The maximum atomic E-state index is 8.59. The molecule has 0 bridgehead atoms. The summed E-state index contributed by atoms with van der Waals surface area (Å²) in [5.41, 5.74) is 26.0. The van der Waals surface area contributed by atoms with Crippen LogP contribution in [0.4, 0.5) is 0 Å². The molecule has 0 spiro atoms. The Morgan fingerprint density at radius 1 is 0.207 bits per heavy atom. The number of furan rings is 6. The standard InChI is InChI=1S/C30H17BrN2O.C24H16O.C20H15BrO.2C18H11BrO.C12H7BrO/c31-21-11-8-18(9-12-21)19-10-13-24-27(17-19)34-26-7-1-5-22(28(24)26)25-16-20-4-2-14-32-29(20)30-23(25)6-3-15-33-30;1-2-6-17(7-3-1)18-10-12-19(13-11-18)20-14-15-22-21-8-4-5-9-23(21)25-24(22)16-20;1-12-10-18(21)13(2)9-17(12)14-7-8-16-15-5-3-4-6-19(15)22-20(16)11-14;2*19-14-8-5-12(6-9-14)13-7-10-16-15-3-1-2-4-17(15)20-18(16)11-13;13-8-5-6-10-9-3-1-2-4-11(9)14-12(10)7-8/h1-17H;1-16H;3-11H,1-2H3;2*1-11H;1-7H/i;1D,2D,3D,6D,7D,10D,11D,12D,13D;;2D;;. The minimum Gasteiger partial charge on any atom is -0.456 e. The van der Waals surface area contributed by atoms with Crippen LogP contribution in [-0.4, -0.2) is 9.97 Å². The highest BCUT2D eigenvalue weighted by Crippen LogP contribution is 2.45. The summed E-state index contributed by atoms with van der Waals surface area (Å²) in [7, 11) is 0. The van der Waals surface area contributed by atoms with E-state index in [4.69, 9.17) is 40.2 Å². The van der Waals surface area contributed by atoms with E-state index in [1.165, 1.54) is 65.7 Å². The molecule has 8 aromatic heterocycles. The van der Waals surface area contributed by atoms with Gasteiger partial charge in [0.25, 0.3) is 0 Å². The lowest BCUT2D eigenvalue weighted by Gasteiger charge is -2.10. The maximum absolute atomic E-state index is 8.59. The quantitative estimate of drug-likeness (QED) is 0.145. The molecule has 0 fully saturated rings. The number of rotatable bonds is 7. The van der Waals surface area contributed by atoms with Crippen molar-refractivity contribution in [1.29, 1.82) is 0 Å². The van der Waals surface area contributed by atoms with Gasteiger partial charge in [0.05, 0.1) is 24.7 Å². The topological polar surface area (TPSA) is 105 Å². The van der Waals surface area contributed by atoms with Crippen LogP contribution < -0.4 is 0 Å². The van der Waals surface area contributed by atoms with Crippen molar-refractivity contribution in [2.45, 2.75) is 13.8 Å². The summed E-state index contributed by atoms with van der Waals surface area (Å²) >= 11 is 17.5. The number of nitrogens with zero attached hydrogens (tertiary/aromatic N) is 2. The number of hydrogen-bond acceptors (Lipinski definition) is 8. The highest BCUT2D eigenvalue weighted by atomic mass is 79.9. The third-order valence-electron chi connectivity index (χ3n) is 24.1. The van der Waals surface area contributed by atoms with Crippen molar-refractivity contribution in [3.05, 3.63) is 464 Å². The van der Waals surface area contributed by atoms with Crippen LogP contribution in [-0.2, 0) is 0 Å². The van der Waals surface area contributed by atoms with Gasteiger partial charge in [0.15, 0.2) is 0 Å². The van der Waals surface area contributed by atoms with E-state index in [0.29, 0.717) is 22.8 Å². The van der Waals surface area contributed by atoms with Crippen LogP contribution in [0.15, 0.2) is 480 Å². The van der Waals surface area contributed by atoms with Crippen LogP contribution in [0.2, 0.25) is 0 Å². The van der Waals surface area contributed by atoms with Crippen LogP contribution in [0.5, 0.6) is 0 Å². The number of aryl methyl sites for hydroxylation is 2. The maximum Gasteiger partial charge on any atom is 0.136 e. The number of halogens is 5. The molecule has 0 saturated heterocycles. The summed E-state index contributed by atoms with van der Waals surface area (Å²) < 4.78 is 123. The minimum atomic E-state index is -0.604. The second-order valence-electron chi connectivity index (χ2n) is 32.5. The molecule has 646 valence electrons. The second kappa shape index (κ2) is 37.3. The number of para-hydroxylation sites is 5. The Hall–Kier alpha value is -14.8. The average Bonchev–Trinajstić information content (AvgIpc) is 0.953. The van der Waals surface area contributed by atoms with E-state index >= 15 is 0 Å². The van der Waals surface area contributed by atoms with E-state index in [2.05, 4.69) is 304 Å². The highest BCUT2D eigenvalue weighted by molar-refractivity contribution is 9.11. The summed E-state index contributed by atoms with van der Waals surface area (Å²) in [6, 6.07) is 116. The van der Waals surface area contributed by atoms with E-state index in [0.717, 1.165) is 166 Å². The first kappa shape index (κ1) is 74.7. The predicted octanol–water partition coefficient (Wildman–Crippen LogP) is 38.7. The van der Waals surface area contributed by atoms with E-state index in [9.17, 15) is 0 Å². The minimum absolute atomic E-state index is 0.0356. The number of pyridine rings is 2. The molecule has 0 aliphatic heterocycles. The van der Waals surface area contributed by atoms with E-state index in [1.54, 1.807) is 30.3 Å². The number of hydrogen-bond donors (Lipinski definition) is 0. The largest absolute Gasteiger partial charge is 0.456 e. The Bertz CT molecular complexity index is 9790. The van der Waals surface area contributed by atoms with Gasteiger partial charge in [0.2, 0.25) is 0 Å². The van der Waals surface area contributed by atoms with Gasteiger partial charge in [-0.05, 0) is 279 Å². The molecule has 0 unspecified atom stereocenters. The zero-order chi connectivity index (χ0) is 99.9. The molecular formula is C122H77Br5N2O6. The van der Waals surface area contributed by atoms with E-state index in [-0.39, 0.29) is 28.8 Å². The van der Waals surface area contributed by atoms with Crippen LogP contribution in [0.1, 0.15) is 24.8 Å². The molecule has 0 aliphatic rings. The zero-order valence-electron chi connectivity index (χ0n) is 82.0. The summed E-state index contributed by atoms with van der Waals surface area (Å²) in [6.07, 6.45) is 3.65. The van der Waals surface area contributed by atoms with Crippen LogP contribution in [0, 0.1) is 13.8 Å². The van der Waals surface area contributed by atoms with Crippen molar-refractivity contribution in [3.8, 4) is 77.9 Å². The summed E-state index contributed by atoms with van der Waals surface area (Å²) in [5, 5.41) is 15.3. The predicted molar refractivity (Wildman–Crippen MR) is 579 cm³/mol. The fraction of sp³-hybridized carbons (Fsp3) is 0.0164. The lowest BCUT2D eigenvalue weighted by molar-refractivity contribution is 0.668. The van der Waals surface area contributed by atoms with Crippen molar-refractivity contribution in [3.63, 3.8) is 0 Å². The summed E-state index contributed by atoms with van der Waals surface area (Å²) in [5.74, 6) is 0. The number of benzene rings is 19. The first-order chi connectivity index (χ1) is 70.4.